The van der Waals surface area contributed by atoms with Crippen molar-refractivity contribution in [3.05, 3.63) is 84.1 Å². The SMILES string of the molecule is CC(C)(C)C(O[SiH](c1ccccc1)c1ccccc1)=C1C=CCCC1. The number of hydrogen-bond donors (Lipinski definition) is 0. The number of allylic oxidation sites excluding steroid dienone is 4. The lowest BCUT2D eigenvalue weighted by Crippen LogP contribution is -2.46. The monoisotopic (exact) mass is 348 g/mol. The van der Waals surface area contributed by atoms with Crippen LogP contribution in [-0.4, -0.2) is 9.04 Å². The minimum atomic E-state index is -1.77. The summed E-state index contributed by atoms with van der Waals surface area (Å²) in [6.07, 6.45) is 8.09. The lowest BCUT2D eigenvalue weighted by Gasteiger charge is -2.31. The van der Waals surface area contributed by atoms with Gasteiger partial charge in [0.2, 0.25) is 0 Å². The average Bonchev–Trinajstić information content (AvgIpc) is 2.63. The second-order valence-corrected chi connectivity index (χ2v) is 10.0. The summed E-state index contributed by atoms with van der Waals surface area (Å²) in [6, 6.07) is 21.5. The van der Waals surface area contributed by atoms with Crippen molar-refractivity contribution in [3.8, 4) is 0 Å². The van der Waals surface area contributed by atoms with Crippen molar-refractivity contribution in [3.63, 3.8) is 0 Å². The molecule has 2 aromatic carbocycles. The van der Waals surface area contributed by atoms with Crippen LogP contribution in [-0.2, 0) is 4.43 Å². The molecule has 0 N–H and O–H groups in total. The molecule has 0 aromatic heterocycles. The Bertz CT molecular complexity index is 699. The molecule has 0 unspecified atom stereocenters. The lowest BCUT2D eigenvalue weighted by molar-refractivity contribution is 0.296. The molecule has 1 aliphatic carbocycles. The summed E-state index contributed by atoms with van der Waals surface area (Å²) in [7, 11) is -1.77. The van der Waals surface area contributed by atoms with Crippen LogP contribution in [0.2, 0.25) is 0 Å². The molecule has 0 fully saturated rings. The van der Waals surface area contributed by atoms with Gasteiger partial charge in [-0.3, -0.25) is 0 Å². The zero-order valence-electron chi connectivity index (χ0n) is 15.5. The molecule has 1 nitrogen and oxygen atoms in total. The van der Waals surface area contributed by atoms with Crippen molar-refractivity contribution in [2.45, 2.75) is 40.0 Å². The zero-order valence-corrected chi connectivity index (χ0v) is 16.7. The Hall–Kier alpha value is -2.06. The molecule has 0 radical (unpaired) electrons. The summed E-state index contributed by atoms with van der Waals surface area (Å²) in [5, 5.41) is 2.66. The third-order valence-corrected chi connectivity index (χ3v) is 7.00. The first-order valence-electron chi connectivity index (χ1n) is 9.22. The number of benzene rings is 2. The number of hydrogen-bond acceptors (Lipinski definition) is 1. The van der Waals surface area contributed by atoms with Crippen LogP contribution < -0.4 is 10.4 Å². The molecule has 0 saturated heterocycles. The molecule has 2 aromatic rings. The first kappa shape index (κ1) is 17.8. The fourth-order valence-corrected chi connectivity index (χ4v) is 5.89. The molecule has 0 aliphatic heterocycles. The van der Waals surface area contributed by atoms with E-state index in [1.54, 1.807) is 0 Å². The second kappa shape index (κ2) is 7.88. The van der Waals surface area contributed by atoms with E-state index in [0.717, 1.165) is 6.42 Å². The maximum atomic E-state index is 6.89. The molecule has 25 heavy (non-hydrogen) atoms. The third-order valence-electron chi connectivity index (χ3n) is 4.55. The molecule has 0 amide bonds. The van der Waals surface area contributed by atoms with E-state index in [4.69, 9.17) is 4.43 Å². The fraction of sp³-hybridized carbons (Fsp3) is 0.304. The zero-order chi connectivity index (χ0) is 17.7. The van der Waals surface area contributed by atoms with Gasteiger partial charge in [0.25, 0.3) is 9.04 Å². The van der Waals surface area contributed by atoms with Crippen molar-refractivity contribution in [1.82, 2.24) is 0 Å². The van der Waals surface area contributed by atoms with Crippen molar-refractivity contribution < 1.29 is 4.43 Å². The van der Waals surface area contributed by atoms with Crippen LogP contribution in [0.3, 0.4) is 0 Å². The second-order valence-electron chi connectivity index (χ2n) is 7.72. The van der Waals surface area contributed by atoms with E-state index in [-0.39, 0.29) is 5.41 Å². The van der Waals surface area contributed by atoms with Gasteiger partial charge in [0.05, 0.1) is 5.76 Å². The molecule has 0 bridgehead atoms. The normalized spacial score (nSPS) is 16.8. The summed E-state index contributed by atoms with van der Waals surface area (Å²) in [4.78, 5) is 0. The van der Waals surface area contributed by atoms with E-state index in [1.807, 2.05) is 0 Å². The largest absolute Gasteiger partial charge is 0.540 e. The van der Waals surface area contributed by atoms with Gasteiger partial charge < -0.3 is 4.43 Å². The van der Waals surface area contributed by atoms with Gasteiger partial charge in [-0.2, -0.15) is 0 Å². The van der Waals surface area contributed by atoms with Crippen LogP contribution in [0.15, 0.2) is 84.1 Å². The highest BCUT2D eigenvalue weighted by atomic mass is 28.3. The van der Waals surface area contributed by atoms with E-state index in [0.29, 0.717) is 0 Å². The smallest absolute Gasteiger partial charge is 0.298 e. The molecule has 2 heteroatoms. The Morgan fingerprint density at radius 2 is 1.44 bits per heavy atom. The molecule has 3 rings (SSSR count). The maximum absolute atomic E-state index is 6.89. The quantitative estimate of drug-likeness (QED) is 0.580. The first-order chi connectivity index (χ1) is 12.1. The summed E-state index contributed by atoms with van der Waals surface area (Å²) in [6.45, 7) is 6.79. The summed E-state index contributed by atoms with van der Waals surface area (Å²) < 4.78 is 6.89. The van der Waals surface area contributed by atoms with Crippen LogP contribution >= 0.6 is 0 Å². The predicted octanol–water partition coefficient (Wildman–Crippen LogP) is 4.58. The highest BCUT2D eigenvalue weighted by Crippen LogP contribution is 2.33. The molecular formula is C23H28OSi. The summed E-state index contributed by atoms with van der Waals surface area (Å²) in [5.41, 5.74) is 1.38. The standard InChI is InChI=1S/C23H28OSi/c1-23(2,3)22(19-13-7-4-8-14-19)24-25(20-15-9-5-10-16-20)21-17-11-6-12-18-21/h5-7,9-13,15-18,25H,4,8,14H2,1-3H3. The average molecular weight is 349 g/mol. The molecular weight excluding hydrogens is 320 g/mol. The van der Waals surface area contributed by atoms with Gasteiger partial charge in [-0.15, -0.1) is 0 Å². The van der Waals surface area contributed by atoms with Crippen LogP contribution in [0.4, 0.5) is 0 Å². The Labute approximate surface area is 153 Å². The molecule has 0 heterocycles. The maximum Gasteiger partial charge on any atom is 0.298 e. The highest BCUT2D eigenvalue weighted by Gasteiger charge is 2.28. The van der Waals surface area contributed by atoms with E-state index < -0.39 is 9.04 Å². The van der Waals surface area contributed by atoms with Gasteiger partial charge in [-0.05, 0) is 35.2 Å². The molecule has 0 saturated carbocycles. The highest BCUT2D eigenvalue weighted by molar-refractivity contribution is 6.80. The van der Waals surface area contributed by atoms with Gasteiger partial charge in [0, 0.05) is 5.41 Å². The van der Waals surface area contributed by atoms with E-state index in [2.05, 4.69) is 93.6 Å². The van der Waals surface area contributed by atoms with Gasteiger partial charge in [0.1, 0.15) is 0 Å². The molecule has 130 valence electrons. The van der Waals surface area contributed by atoms with Crippen molar-refractivity contribution >= 4 is 19.4 Å². The molecule has 0 atom stereocenters. The van der Waals surface area contributed by atoms with Gasteiger partial charge >= 0.3 is 0 Å². The Morgan fingerprint density at radius 3 is 1.88 bits per heavy atom. The van der Waals surface area contributed by atoms with Gasteiger partial charge in [-0.1, -0.05) is 93.6 Å². The minimum Gasteiger partial charge on any atom is -0.540 e. The first-order valence-corrected chi connectivity index (χ1v) is 10.8. The summed E-state index contributed by atoms with van der Waals surface area (Å²) in [5.74, 6) is 1.17. The van der Waals surface area contributed by atoms with E-state index in [1.165, 1.54) is 34.5 Å². The van der Waals surface area contributed by atoms with Crippen LogP contribution in [0.5, 0.6) is 0 Å². The van der Waals surface area contributed by atoms with Crippen LogP contribution in [0.1, 0.15) is 40.0 Å². The van der Waals surface area contributed by atoms with Crippen molar-refractivity contribution in [1.29, 1.82) is 0 Å². The lowest BCUT2D eigenvalue weighted by atomic mass is 9.87. The molecule has 0 spiro atoms. The topological polar surface area (TPSA) is 9.23 Å². The molecule has 1 aliphatic rings. The van der Waals surface area contributed by atoms with Crippen molar-refractivity contribution in [2.24, 2.45) is 5.41 Å². The Morgan fingerprint density at radius 1 is 0.880 bits per heavy atom. The Balaban J connectivity index is 2.04. The summed E-state index contributed by atoms with van der Waals surface area (Å²) >= 11 is 0. The minimum absolute atomic E-state index is 0.00578. The van der Waals surface area contributed by atoms with E-state index >= 15 is 0 Å². The van der Waals surface area contributed by atoms with Crippen molar-refractivity contribution in [2.75, 3.05) is 0 Å². The van der Waals surface area contributed by atoms with Gasteiger partial charge in [-0.25, -0.2) is 0 Å². The fourth-order valence-electron chi connectivity index (χ4n) is 3.34. The van der Waals surface area contributed by atoms with Crippen LogP contribution in [0, 0.1) is 5.41 Å². The van der Waals surface area contributed by atoms with Crippen LogP contribution in [0.25, 0.3) is 0 Å². The number of rotatable bonds is 4. The Kier molecular flexibility index (Phi) is 5.59. The van der Waals surface area contributed by atoms with Gasteiger partial charge in [0.15, 0.2) is 0 Å². The van der Waals surface area contributed by atoms with E-state index in [9.17, 15) is 0 Å². The third kappa shape index (κ3) is 4.52. The predicted molar refractivity (Wildman–Crippen MR) is 110 cm³/mol.